The van der Waals surface area contributed by atoms with E-state index in [0.29, 0.717) is 11.8 Å². The topological polar surface area (TPSA) is 47.0 Å². The fourth-order valence-corrected chi connectivity index (χ4v) is 2.50. The van der Waals surface area contributed by atoms with Gasteiger partial charge < -0.3 is 10.1 Å². The van der Waals surface area contributed by atoms with Gasteiger partial charge in [0.2, 0.25) is 11.8 Å². The highest BCUT2D eigenvalue weighted by atomic mass is 16.5. The number of nitrogens with one attached hydrogen (secondary N) is 1. The van der Waals surface area contributed by atoms with E-state index in [1.165, 1.54) is 24.0 Å². The third kappa shape index (κ3) is 2.59. The molecule has 104 valence electrons. The number of aryl methyl sites for hydroxylation is 3. The Morgan fingerprint density at radius 2 is 2.10 bits per heavy atom. The van der Waals surface area contributed by atoms with Crippen LogP contribution >= 0.6 is 0 Å². The maximum atomic E-state index is 5.93. The van der Waals surface area contributed by atoms with Gasteiger partial charge in [0, 0.05) is 18.3 Å². The Hall–Kier alpha value is -2.10. The molecule has 0 radical (unpaired) electrons. The number of ether oxygens (including phenoxy) is 1. The molecule has 2 aromatic rings. The zero-order chi connectivity index (χ0) is 13.9. The highest BCUT2D eigenvalue weighted by Crippen LogP contribution is 2.29. The minimum absolute atomic E-state index is 0.606. The molecule has 0 atom stereocenters. The number of aromatic nitrogens is 2. The summed E-state index contributed by atoms with van der Waals surface area (Å²) < 4.78 is 5.93. The lowest BCUT2D eigenvalue weighted by molar-refractivity contribution is 0.457. The third-order valence-electron chi connectivity index (χ3n) is 3.54. The van der Waals surface area contributed by atoms with Crippen LogP contribution in [-0.4, -0.2) is 16.5 Å². The molecular weight excluding hydrogens is 250 g/mol. The van der Waals surface area contributed by atoms with Gasteiger partial charge in [-0.2, -0.15) is 4.98 Å². The molecule has 0 fully saturated rings. The summed E-state index contributed by atoms with van der Waals surface area (Å²) in [5, 5.41) is 3.10. The molecule has 0 unspecified atom stereocenters. The van der Waals surface area contributed by atoms with Crippen molar-refractivity contribution in [1.82, 2.24) is 9.97 Å². The molecule has 0 amide bonds. The van der Waals surface area contributed by atoms with Gasteiger partial charge in [0.15, 0.2) is 0 Å². The molecule has 1 N–H and O–H groups in total. The Kier molecular flexibility index (Phi) is 3.54. The third-order valence-corrected chi connectivity index (χ3v) is 3.54. The van der Waals surface area contributed by atoms with Crippen LogP contribution in [0.4, 0.5) is 5.95 Å². The second-order valence-electron chi connectivity index (χ2n) is 5.10. The predicted molar refractivity (Wildman–Crippen MR) is 79.5 cm³/mol. The molecule has 0 aliphatic heterocycles. The van der Waals surface area contributed by atoms with E-state index in [0.717, 1.165) is 24.3 Å². The van der Waals surface area contributed by atoms with Crippen molar-refractivity contribution in [2.75, 3.05) is 11.9 Å². The van der Waals surface area contributed by atoms with Crippen LogP contribution < -0.4 is 10.1 Å². The molecule has 4 heteroatoms. The Morgan fingerprint density at radius 1 is 1.25 bits per heavy atom. The molecular formula is C16H19N3O. The van der Waals surface area contributed by atoms with E-state index in [-0.39, 0.29) is 0 Å². The lowest BCUT2D eigenvalue weighted by Crippen LogP contribution is -2.03. The van der Waals surface area contributed by atoms with Crippen molar-refractivity contribution in [1.29, 1.82) is 0 Å². The van der Waals surface area contributed by atoms with E-state index < -0.39 is 0 Å². The highest BCUT2D eigenvalue weighted by molar-refractivity contribution is 5.41. The summed E-state index contributed by atoms with van der Waals surface area (Å²) in [7, 11) is 0. The van der Waals surface area contributed by atoms with Crippen molar-refractivity contribution < 1.29 is 4.74 Å². The van der Waals surface area contributed by atoms with Crippen LogP contribution in [0.1, 0.15) is 30.0 Å². The first-order chi connectivity index (χ1) is 9.76. The van der Waals surface area contributed by atoms with E-state index in [4.69, 9.17) is 4.74 Å². The second-order valence-corrected chi connectivity index (χ2v) is 5.10. The maximum absolute atomic E-state index is 5.93. The van der Waals surface area contributed by atoms with E-state index in [9.17, 15) is 0 Å². The molecule has 1 aromatic heterocycles. The van der Waals surface area contributed by atoms with Gasteiger partial charge in [-0.15, -0.1) is 0 Å². The number of rotatable bonds is 4. The number of anilines is 1. The van der Waals surface area contributed by atoms with Crippen LogP contribution in [0.15, 0.2) is 24.4 Å². The van der Waals surface area contributed by atoms with Crippen LogP contribution in [0.25, 0.3) is 0 Å². The summed E-state index contributed by atoms with van der Waals surface area (Å²) in [4.78, 5) is 8.63. The largest absolute Gasteiger partial charge is 0.439 e. The standard InChI is InChI=1S/C16H19N3O/c1-3-17-16-18-10-11(2)15(19-16)20-14-8-7-12-5-4-6-13(12)9-14/h7-10H,3-6H2,1-2H3,(H,17,18,19). The Bertz CT molecular complexity index is 625. The molecule has 1 aliphatic rings. The van der Waals surface area contributed by atoms with Gasteiger partial charge in [-0.25, -0.2) is 4.98 Å². The van der Waals surface area contributed by atoms with Crippen LogP contribution in [0, 0.1) is 6.92 Å². The van der Waals surface area contributed by atoms with Crippen molar-refractivity contribution in [3.05, 3.63) is 41.1 Å². The minimum atomic E-state index is 0.606. The van der Waals surface area contributed by atoms with Gasteiger partial charge >= 0.3 is 0 Å². The summed E-state index contributed by atoms with van der Waals surface area (Å²) in [5.74, 6) is 2.08. The zero-order valence-electron chi connectivity index (χ0n) is 11.9. The fourth-order valence-electron chi connectivity index (χ4n) is 2.50. The molecule has 20 heavy (non-hydrogen) atoms. The molecule has 0 bridgehead atoms. The quantitative estimate of drug-likeness (QED) is 0.922. The van der Waals surface area contributed by atoms with Crippen molar-refractivity contribution >= 4 is 5.95 Å². The van der Waals surface area contributed by atoms with Crippen molar-refractivity contribution in [2.45, 2.75) is 33.1 Å². The van der Waals surface area contributed by atoms with Crippen molar-refractivity contribution in [3.8, 4) is 11.6 Å². The smallest absolute Gasteiger partial charge is 0.226 e. The first kappa shape index (κ1) is 12.9. The van der Waals surface area contributed by atoms with E-state index >= 15 is 0 Å². The van der Waals surface area contributed by atoms with Crippen molar-refractivity contribution in [2.24, 2.45) is 0 Å². The van der Waals surface area contributed by atoms with Gasteiger partial charge in [-0.1, -0.05) is 6.07 Å². The normalized spacial score (nSPS) is 13.1. The van der Waals surface area contributed by atoms with Crippen LogP contribution in [0.2, 0.25) is 0 Å². The molecule has 1 aromatic carbocycles. The summed E-state index contributed by atoms with van der Waals surface area (Å²) in [6, 6.07) is 6.33. The lowest BCUT2D eigenvalue weighted by atomic mass is 10.1. The zero-order valence-corrected chi connectivity index (χ0v) is 11.9. The predicted octanol–water partition coefficient (Wildman–Crippen LogP) is 3.50. The molecule has 1 aliphatic carbocycles. The summed E-state index contributed by atoms with van der Waals surface area (Å²) >= 11 is 0. The summed E-state index contributed by atoms with van der Waals surface area (Å²) in [5.41, 5.74) is 3.79. The number of hydrogen-bond donors (Lipinski definition) is 1. The van der Waals surface area contributed by atoms with Crippen molar-refractivity contribution in [3.63, 3.8) is 0 Å². The molecule has 4 nitrogen and oxygen atoms in total. The fraction of sp³-hybridized carbons (Fsp3) is 0.375. The molecule has 0 saturated carbocycles. The number of nitrogens with zero attached hydrogens (tertiary/aromatic N) is 2. The number of fused-ring (bicyclic) bond motifs is 1. The lowest BCUT2D eigenvalue weighted by Gasteiger charge is -2.10. The molecule has 1 heterocycles. The molecule has 0 spiro atoms. The summed E-state index contributed by atoms with van der Waals surface area (Å²) in [6.45, 7) is 4.77. The van der Waals surface area contributed by atoms with E-state index in [1.54, 1.807) is 6.20 Å². The average Bonchev–Trinajstić information content (AvgIpc) is 2.90. The van der Waals surface area contributed by atoms with Gasteiger partial charge in [-0.05, 0) is 56.4 Å². The first-order valence-corrected chi connectivity index (χ1v) is 7.13. The second kappa shape index (κ2) is 5.49. The van der Waals surface area contributed by atoms with E-state index in [2.05, 4.69) is 27.4 Å². The van der Waals surface area contributed by atoms with Crippen LogP contribution in [0.3, 0.4) is 0 Å². The first-order valence-electron chi connectivity index (χ1n) is 7.13. The van der Waals surface area contributed by atoms with Gasteiger partial charge in [0.25, 0.3) is 0 Å². The molecule has 0 saturated heterocycles. The van der Waals surface area contributed by atoms with Crippen LogP contribution in [0.5, 0.6) is 11.6 Å². The SMILES string of the molecule is CCNc1ncc(C)c(Oc2ccc3c(c2)CCC3)n1. The van der Waals surface area contributed by atoms with E-state index in [1.807, 2.05) is 19.9 Å². The monoisotopic (exact) mass is 269 g/mol. The molecule has 3 rings (SSSR count). The Morgan fingerprint density at radius 3 is 2.95 bits per heavy atom. The highest BCUT2D eigenvalue weighted by Gasteiger charge is 2.12. The maximum Gasteiger partial charge on any atom is 0.226 e. The van der Waals surface area contributed by atoms with Gasteiger partial charge in [0.05, 0.1) is 0 Å². The minimum Gasteiger partial charge on any atom is -0.439 e. The Labute approximate surface area is 119 Å². The Balaban J connectivity index is 1.85. The average molecular weight is 269 g/mol. The van der Waals surface area contributed by atoms with Gasteiger partial charge in [0.1, 0.15) is 5.75 Å². The van der Waals surface area contributed by atoms with Crippen LogP contribution in [-0.2, 0) is 12.8 Å². The number of hydrogen-bond acceptors (Lipinski definition) is 4. The number of benzene rings is 1. The van der Waals surface area contributed by atoms with Gasteiger partial charge in [-0.3, -0.25) is 0 Å². The summed E-state index contributed by atoms with van der Waals surface area (Å²) in [6.07, 6.45) is 5.37.